The predicted molar refractivity (Wildman–Crippen MR) is 65.7 cm³/mol. The summed E-state index contributed by atoms with van der Waals surface area (Å²) in [5, 5.41) is 12.6. The predicted octanol–water partition coefficient (Wildman–Crippen LogP) is -0.200. The highest BCUT2D eigenvalue weighted by Gasteiger charge is 2.40. The molecule has 3 heterocycles. The smallest absolute Gasteiger partial charge is 0.407 e. The largest absolute Gasteiger partial charge is 0.465 e. The number of carbonyl (C=O) groups is 1. The molecule has 0 saturated carbocycles. The van der Waals surface area contributed by atoms with Crippen molar-refractivity contribution in [2.24, 2.45) is 0 Å². The molecule has 0 aliphatic carbocycles. The minimum Gasteiger partial charge on any atom is -0.465 e. The second-order valence-corrected chi connectivity index (χ2v) is 5.69. The first-order valence-corrected chi connectivity index (χ1v) is 6.72. The number of rotatable bonds is 2. The minimum atomic E-state index is -0.805. The molecule has 102 valence electrons. The molecule has 3 saturated heterocycles. The van der Waals surface area contributed by atoms with Gasteiger partial charge in [0.15, 0.2) is 0 Å². The van der Waals surface area contributed by atoms with Crippen LogP contribution in [0.4, 0.5) is 4.79 Å². The van der Waals surface area contributed by atoms with E-state index in [1.54, 1.807) is 4.90 Å². The number of ether oxygens (including phenoxy) is 1. The maximum Gasteiger partial charge on any atom is 0.407 e. The van der Waals surface area contributed by atoms with Gasteiger partial charge in [-0.25, -0.2) is 4.79 Å². The van der Waals surface area contributed by atoms with Gasteiger partial charge in [-0.05, 0) is 13.3 Å². The highest BCUT2D eigenvalue weighted by molar-refractivity contribution is 5.65. The fourth-order valence-corrected chi connectivity index (χ4v) is 3.30. The second-order valence-electron chi connectivity index (χ2n) is 5.69. The van der Waals surface area contributed by atoms with Crippen molar-refractivity contribution in [3.8, 4) is 0 Å². The molecule has 3 aliphatic rings. The summed E-state index contributed by atoms with van der Waals surface area (Å²) in [6.45, 7) is 6.06. The van der Waals surface area contributed by atoms with Gasteiger partial charge in [0.2, 0.25) is 0 Å². The second kappa shape index (κ2) is 4.68. The van der Waals surface area contributed by atoms with E-state index in [1.165, 1.54) is 0 Å². The van der Waals surface area contributed by atoms with Crippen LogP contribution in [-0.4, -0.2) is 78.0 Å². The summed E-state index contributed by atoms with van der Waals surface area (Å²) >= 11 is 0. The number of nitrogens with one attached hydrogen (secondary N) is 1. The Morgan fingerprint density at radius 3 is 2.94 bits per heavy atom. The van der Waals surface area contributed by atoms with Crippen molar-refractivity contribution in [2.45, 2.75) is 37.6 Å². The molecule has 0 aromatic rings. The van der Waals surface area contributed by atoms with Gasteiger partial charge in [0.05, 0.1) is 12.7 Å². The molecule has 3 aliphatic heterocycles. The Kier molecular flexibility index (Phi) is 3.17. The van der Waals surface area contributed by atoms with Crippen LogP contribution < -0.4 is 5.32 Å². The van der Waals surface area contributed by atoms with E-state index in [2.05, 4.69) is 10.2 Å². The van der Waals surface area contributed by atoms with E-state index in [0.717, 1.165) is 32.7 Å². The van der Waals surface area contributed by atoms with Crippen LogP contribution in [0.2, 0.25) is 0 Å². The molecule has 6 nitrogen and oxygen atoms in total. The number of morpholine rings is 1. The molecule has 3 rings (SSSR count). The molecule has 4 atom stereocenters. The van der Waals surface area contributed by atoms with E-state index >= 15 is 0 Å². The molecule has 0 aromatic heterocycles. The Morgan fingerprint density at radius 1 is 1.50 bits per heavy atom. The van der Waals surface area contributed by atoms with Crippen molar-refractivity contribution in [1.82, 2.24) is 15.1 Å². The van der Waals surface area contributed by atoms with Gasteiger partial charge in [-0.3, -0.25) is 4.90 Å². The molecule has 18 heavy (non-hydrogen) atoms. The highest BCUT2D eigenvalue weighted by atomic mass is 16.5. The summed E-state index contributed by atoms with van der Waals surface area (Å²) in [5.74, 6) is 0. The Balaban J connectivity index is 1.55. The molecule has 3 fully saturated rings. The van der Waals surface area contributed by atoms with Crippen molar-refractivity contribution >= 4 is 6.09 Å². The van der Waals surface area contributed by atoms with Gasteiger partial charge in [0.25, 0.3) is 0 Å². The van der Waals surface area contributed by atoms with Crippen LogP contribution in [-0.2, 0) is 4.74 Å². The maximum absolute atomic E-state index is 11.1. The number of hydrogen-bond acceptors (Lipinski definition) is 4. The van der Waals surface area contributed by atoms with Gasteiger partial charge in [-0.1, -0.05) is 0 Å². The van der Waals surface area contributed by atoms with Crippen molar-refractivity contribution in [2.75, 3.05) is 32.8 Å². The summed E-state index contributed by atoms with van der Waals surface area (Å²) in [6.07, 6.45) is 0.750. The van der Waals surface area contributed by atoms with Crippen LogP contribution in [0.3, 0.4) is 0 Å². The summed E-state index contributed by atoms with van der Waals surface area (Å²) in [6, 6.07) is 0.864. The Labute approximate surface area is 107 Å². The third kappa shape index (κ3) is 2.20. The molecule has 2 bridgehead atoms. The molecule has 6 heteroatoms. The SMILES string of the molecule is C[C@@H]1CN[C@@H](CN2C[C@@H]3C[C@H]2CO3)CN1C(=O)O. The summed E-state index contributed by atoms with van der Waals surface area (Å²) in [7, 11) is 0. The number of nitrogens with zero attached hydrogens (tertiary/aromatic N) is 2. The average molecular weight is 255 g/mol. The van der Waals surface area contributed by atoms with Crippen molar-refractivity contribution in [3.63, 3.8) is 0 Å². The summed E-state index contributed by atoms with van der Waals surface area (Å²) in [4.78, 5) is 15.1. The Bertz CT molecular complexity index is 339. The molecule has 0 radical (unpaired) electrons. The lowest BCUT2D eigenvalue weighted by atomic mass is 10.1. The number of fused-ring (bicyclic) bond motifs is 2. The zero-order valence-corrected chi connectivity index (χ0v) is 10.7. The number of likely N-dealkylation sites (tertiary alicyclic amines) is 1. The van der Waals surface area contributed by atoms with E-state index in [0.29, 0.717) is 18.7 Å². The van der Waals surface area contributed by atoms with Crippen LogP contribution in [0.15, 0.2) is 0 Å². The van der Waals surface area contributed by atoms with Gasteiger partial charge < -0.3 is 20.1 Å². The molecular formula is C12H21N3O3. The van der Waals surface area contributed by atoms with E-state index in [9.17, 15) is 4.79 Å². The highest BCUT2D eigenvalue weighted by Crippen LogP contribution is 2.27. The molecule has 0 aromatic carbocycles. The van der Waals surface area contributed by atoms with Crippen molar-refractivity contribution in [3.05, 3.63) is 0 Å². The van der Waals surface area contributed by atoms with Crippen LogP contribution in [0, 0.1) is 0 Å². The van der Waals surface area contributed by atoms with Crippen LogP contribution in [0.25, 0.3) is 0 Å². The number of piperazine rings is 1. The molecule has 0 unspecified atom stereocenters. The van der Waals surface area contributed by atoms with E-state index in [1.807, 2.05) is 6.92 Å². The normalized spacial score (nSPS) is 40.4. The summed E-state index contributed by atoms with van der Waals surface area (Å²) < 4.78 is 5.58. The van der Waals surface area contributed by atoms with Crippen LogP contribution in [0.5, 0.6) is 0 Å². The van der Waals surface area contributed by atoms with Crippen molar-refractivity contribution in [1.29, 1.82) is 0 Å². The van der Waals surface area contributed by atoms with Gasteiger partial charge in [0, 0.05) is 44.3 Å². The lowest BCUT2D eigenvalue weighted by Crippen LogP contribution is -2.60. The van der Waals surface area contributed by atoms with E-state index in [-0.39, 0.29) is 12.1 Å². The monoisotopic (exact) mass is 255 g/mol. The third-order valence-corrected chi connectivity index (χ3v) is 4.37. The molecule has 0 spiro atoms. The van der Waals surface area contributed by atoms with Crippen LogP contribution >= 0.6 is 0 Å². The minimum absolute atomic E-state index is 0.0668. The standard InChI is InChI=1S/C12H21N3O3/c1-8-3-13-9(5-15(8)12(16)17)4-14-6-11-2-10(14)7-18-11/h8-11,13H,2-7H2,1H3,(H,16,17)/t8-,9+,10+,11+/m1/s1. The lowest BCUT2D eigenvalue weighted by Gasteiger charge is -2.39. The van der Waals surface area contributed by atoms with Gasteiger partial charge in [-0.15, -0.1) is 0 Å². The Morgan fingerprint density at radius 2 is 2.33 bits per heavy atom. The van der Waals surface area contributed by atoms with E-state index < -0.39 is 6.09 Å². The maximum atomic E-state index is 11.1. The number of carboxylic acid groups (broad SMARTS) is 1. The van der Waals surface area contributed by atoms with Crippen LogP contribution in [0.1, 0.15) is 13.3 Å². The first-order chi connectivity index (χ1) is 8.63. The van der Waals surface area contributed by atoms with Crippen molar-refractivity contribution < 1.29 is 14.6 Å². The molecule has 2 N–H and O–H groups in total. The quantitative estimate of drug-likeness (QED) is 0.715. The van der Waals surface area contributed by atoms with Gasteiger partial charge in [0.1, 0.15) is 0 Å². The first kappa shape index (κ1) is 12.2. The fourth-order valence-electron chi connectivity index (χ4n) is 3.30. The van der Waals surface area contributed by atoms with Gasteiger partial charge >= 0.3 is 6.09 Å². The lowest BCUT2D eigenvalue weighted by molar-refractivity contribution is 0.0208. The zero-order valence-electron chi connectivity index (χ0n) is 10.7. The average Bonchev–Trinajstić information content (AvgIpc) is 2.93. The first-order valence-electron chi connectivity index (χ1n) is 6.72. The molecular weight excluding hydrogens is 234 g/mol. The number of hydrogen-bond donors (Lipinski definition) is 2. The number of amides is 1. The third-order valence-electron chi connectivity index (χ3n) is 4.37. The summed E-state index contributed by atoms with van der Waals surface area (Å²) in [5.41, 5.74) is 0. The van der Waals surface area contributed by atoms with Gasteiger partial charge in [-0.2, -0.15) is 0 Å². The topological polar surface area (TPSA) is 65.0 Å². The Hall–Kier alpha value is -0.850. The van der Waals surface area contributed by atoms with E-state index in [4.69, 9.17) is 9.84 Å². The molecule has 1 amide bonds. The zero-order chi connectivity index (χ0) is 12.7. The fraction of sp³-hybridized carbons (Fsp3) is 0.917.